The summed E-state index contributed by atoms with van der Waals surface area (Å²) in [5.74, 6) is 0.0693. The number of halogens is 2. The van der Waals surface area contributed by atoms with Crippen LogP contribution in [-0.2, 0) is 10.3 Å². The maximum Gasteiger partial charge on any atom is 0.266 e. The van der Waals surface area contributed by atoms with Crippen molar-refractivity contribution in [2.75, 3.05) is 0 Å². The molecule has 2 aromatic rings. The second-order valence-corrected chi connectivity index (χ2v) is 7.92. The van der Waals surface area contributed by atoms with E-state index in [0.717, 1.165) is 25.7 Å². The Kier molecular flexibility index (Phi) is 4.87. The molecule has 140 valence electrons. The zero-order valence-electron chi connectivity index (χ0n) is 14.9. The Labute approximate surface area is 169 Å². The molecule has 0 bridgehead atoms. The number of benzene rings is 2. The molecule has 4 rings (SSSR count). The highest BCUT2D eigenvalue weighted by Crippen LogP contribution is 2.46. The average molecular weight is 402 g/mol. The first kappa shape index (κ1) is 18.3. The molecule has 1 amide bonds. The number of hydrogen-bond donors (Lipinski definition) is 1. The third-order valence-electron chi connectivity index (χ3n) is 5.52. The molecule has 0 radical (unpaired) electrons. The van der Waals surface area contributed by atoms with E-state index >= 15 is 0 Å². The van der Waals surface area contributed by atoms with Gasteiger partial charge in [0, 0.05) is 27.2 Å². The minimum atomic E-state index is -1.35. The SMILES string of the molecule is NC1=NC(c2ccccc2Cl)(c2ccccc2Cl)C(=O)N1C1CCCCC1. The molecule has 1 heterocycles. The van der Waals surface area contributed by atoms with E-state index in [0.29, 0.717) is 21.2 Å². The van der Waals surface area contributed by atoms with Crippen molar-refractivity contribution >= 4 is 35.1 Å². The van der Waals surface area contributed by atoms with Gasteiger partial charge in [-0.2, -0.15) is 0 Å². The van der Waals surface area contributed by atoms with Crippen molar-refractivity contribution in [3.63, 3.8) is 0 Å². The Morgan fingerprint density at radius 3 is 1.96 bits per heavy atom. The highest BCUT2D eigenvalue weighted by Gasteiger charge is 2.54. The zero-order valence-corrected chi connectivity index (χ0v) is 16.4. The number of nitrogens with two attached hydrogens (primary N) is 1. The van der Waals surface area contributed by atoms with Gasteiger partial charge in [-0.05, 0) is 25.0 Å². The van der Waals surface area contributed by atoms with Crippen LogP contribution in [0.3, 0.4) is 0 Å². The minimum Gasteiger partial charge on any atom is -0.369 e. The molecular formula is C21H21Cl2N3O. The van der Waals surface area contributed by atoms with Crippen LogP contribution in [0.4, 0.5) is 0 Å². The van der Waals surface area contributed by atoms with E-state index in [-0.39, 0.29) is 17.9 Å². The first-order valence-corrected chi connectivity index (χ1v) is 10.0. The van der Waals surface area contributed by atoms with Crippen LogP contribution < -0.4 is 5.73 Å². The van der Waals surface area contributed by atoms with Crippen LogP contribution in [0.25, 0.3) is 0 Å². The molecule has 0 unspecified atom stereocenters. The molecule has 0 aromatic heterocycles. The zero-order chi connectivity index (χ0) is 19.0. The van der Waals surface area contributed by atoms with Gasteiger partial charge in [0.25, 0.3) is 5.91 Å². The predicted octanol–water partition coefficient (Wildman–Crippen LogP) is 4.73. The lowest BCUT2D eigenvalue weighted by molar-refractivity contribution is -0.132. The number of aliphatic imine (C=N–C) groups is 1. The van der Waals surface area contributed by atoms with Crippen LogP contribution in [0.1, 0.15) is 43.2 Å². The molecule has 2 N–H and O–H groups in total. The summed E-state index contributed by atoms with van der Waals surface area (Å²) < 4.78 is 0. The number of amides is 1. The fourth-order valence-corrected chi connectivity index (χ4v) is 4.79. The molecule has 27 heavy (non-hydrogen) atoms. The minimum absolute atomic E-state index is 0.0712. The summed E-state index contributed by atoms with van der Waals surface area (Å²) >= 11 is 13.0. The molecule has 0 atom stereocenters. The summed E-state index contributed by atoms with van der Waals surface area (Å²) in [6.45, 7) is 0. The number of nitrogens with zero attached hydrogens (tertiary/aromatic N) is 2. The van der Waals surface area contributed by atoms with Gasteiger partial charge in [-0.3, -0.25) is 9.69 Å². The van der Waals surface area contributed by atoms with Crippen molar-refractivity contribution in [3.8, 4) is 0 Å². The topological polar surface area (TPSA) is 58.7 Å². The first-order chi connectivity index (χ1) is 13.1. The molecule has 2 aromatic carbocycles. The van der Waals surface area contributed by atoms with Gasteiger partial charge in [0.05, 0.1) is 0 Å². The van der Waals surface area contributed by atoms with Gasteiger partial charge in [0.2, 0.25) is 0 Å². The van der Waals surface area contributed by atoms with E-state index in [4.69, 9.17) is 33.9 Å². The number of guanidine groups is 1. The summed E-state index contributed by atoms with van der Waals surface area (Å²) in [4.78, 5) is 20.3. The molecule has 0 saturated heterocycles. The van der Waals surface area contributed by atoms with Gasteiger partial charge in [0.1, 0.15) is 0 Å². The Bertz CT molecular complexity index is 860. The maximum absolute atomic E-state index is 13.9. The maximum atomic E-state index is 13.9. The van der Waals surface area contributed by atoms with Crippen LogP contribution in [0, 0.1) is 0 Å². The Morgan fingerprint density at radius 1 is 0.926 bits per heavy atom. The fourth-order valence-electron chi connectivity index (χ4n) is 4.25. The highest BCUT2D eigenvalue weighted by atomic mass is 35.5. The summed E-state index contributed by atoms with van der Waals surface area (Å²) in [7, 11) is 0. The van der Waals surface area contributed by atoms with E-state index in [1.807, 2.05) is 36.4 Å². The smallest absolute Gasteiger partial charge is 0.266 e. The van der Waals surface area contributed by atoms with Gasteiger partial charge in [-0.15, -0.1) is 0 Å². The van der Waals surface area contributed by atoms with Gasteiger partial charge in [-0.1, -0.05) is 78.9 Å². The number of hydrogen-bond acceptors (Lipinski definition) is 3. The van der Waals surface area contributed by atoms with Gasteiger partial charge in [0.15, 0.2) is 11.5 Å². The molecule has 0 spiro atoms. The van der Waals surface area contributed by atoms with E-state index in [1.165, 1.54) is 6.42 Å². The van der Waals surface area contributed by atoms with Gasteiger partial charge >= 0.3 is 0 Å². The van der Waals surface area contributed by atoms with Crippen LogP contribution in [0.15, 0.2) is 53.5 Å². The monoisotopic (exact) mass is 401 g/mol. The molecule has 1 aliphatic carbocycles. The molecule has 6 heteroatoms. The van der Waals surface area contributed by atoms with Gasteiger partial charge < -0.3 is 5.73 Å². The Morgan fingerprint density at radius 2 is 1.44 bits per heavy atom. The number of carbonyl (C=O) groups is 1. The van der Waals surface area contributed by atoms with Crippen LogP contribution >= 0.6 is 23.2 Å². The van der Waals surface area contributed by atoms with Crippen molar-refractivity contribution < 1.29 is 4.79 Å². The lowest BCUT2D eigenvalue weighted by Crippen LogP contribution is -2.49. The molecular weight excluding hydrogens is 381 g/mol. The lowest BCUT2D eigenvalue weighted by atomic mass is 9.82. The van der Waals surface area contributed by atoms with Crippen LogP contribution in [0.5, 0.6) is 0 Å². The third-order valence-corrected chi connectivity index (χ3v) is 6.18. The summed E-state index contributed by atoms with van der Waals surface area (Å²) in [5.41, 5.74) is 6.18. The predicted molar refractivity (Wildman–Crippen MR) is 109 cm³/mol. The quantitative estimate of drug-likeness (QED) is 0.807. The fraction of sp³-hybridized carbons (Fsp3) is 0.333. The molecule has 1 saturated carbocycles. The van der Waals surface area contributed by atoms with Crippen molar-refractivity contribution in [1.82, 2.24) is 4.90 Å². The second-order valence-electron chi connectivity index (χ2n) is 7.11. The van der Waals surface area contributed by atoms with E-state index in [9.17, 15) is 4.79 Å². The normalized spacial score (nSPS) is 20.0. The summed E-state index contributed by atoms with van der Waals surface area (Å²) in [5, 5.41) is 0.931. The standard InChI is InChI=1S/C21H21Cl2N3O/c22-17-12-6-4-10-15(17)21(16-11-5-7-13-18(16)23)19(27)26(20(24)25-21)14-8-2-1-3-9-14/h4-7,10-14H,1-3,8-9H2,(H2,24,25). The highest BCUT2D eigenvalue weighted by molar-refractivity contribution is 6.33. The van der Waals surface area contributed by atoms with Crippen LogP contribution in [0.2, 0.25) is 10.0 Å². The van der Waals surface area contributed by atoms with Gasteiger partial charge in [-0.25, -0.2) is 4.99 Å². The first-order valence-electron chi connectivity index (χ1n) is 9.24. The van der Waals surface area contributed by atoms with Crippen molar-refractivity contribution in [1.29, 1.82) is 0 Å². The summed E-state index contributed by atoms with van der Waals surface area (Å²) in [6, 6.07) is 14.6. The third kappa shape index (κ3) is 2.91. The number of rotatable bonds is 3. The lowest BCUT2D eigenvalue weighted by Gasteiger charge is -2.34. The molecule has 2 aliphatic rings. The summed E-state index contributed by atoms with van der Waals surface area (Å²) in [6.07, 6.45) is 5.24. The van der Waals surface area contributed by atoms with Crippen molar-refractivity contribution in [2.24, 2.45) is 10.7 Å². The average Bonchev–Trinajstić information content (AvgIpc) is 2.94. The molecule has 1 aliphatic heterocycles. The molecule has 1 fully saturated rings. The Hall–Kier alpha value is -2.04. The largest absolute Gasteiger partial charge is 0.369 e. The van der Waals surface area contributed by atoms with E-state index in [1.54, 1.807) is 17.0 Å². The van der Waals surface area contributed by atoms with E-state index < -0.39 is 5.54 Å². The van der Waals surface area contributed by atoms with Crippen molar-refractivity contribution in [2.45, 2.75) is 43.7 Å². The van der Waals surface area contributed by atoms with Crippen molar-refractivity contribution in [3.05, 3.63) is 69.7 Å². The second kappa shape index (κ2) is 7.17. The van der Waals surface area contributed by atoms with E-state index in [2.05, 4.69) is 0 Å². The number of carbonyl (C=O) groups excluding carboxylic acids is 1. The Balaban J connectivity index is 1.92. The molecule has 4 nitrogen and oxygen atoms in total. The van der Waals surface area contributed by atoms with Crippen LogP contribution in [-0.4, -0.2) is 22.8 Å².